The van der Waals surface area contributed by atoms with Crippen molar-refractivity contribution in [2.75, 3.05) is 18.0 Å². The van der Waals surface area contributed by atoms with Crippen molar-refractivity contribution in [3.05, 3.63) is 58.4 Å². The zero-order valence-corrected chi connectivity index (χ0v) is 18.9. The first-order valence-electron chi connectivity index (χ1n) is 11.4. The van der Waals surface area contributed by atoms with E-state index < -0.39 is 17.8 Å². The molecule has 2 unspecified atom stereocenters. The van der Waals surface area contributed by atoms with Crippen LogP contribution in [0, 0.1) is 25.7 Å². The number of alkyl halides is 2. The third kappa shape index (κ3) is 3.41. The summed E-state index contributed by atoms with van der Waals surface area (Å²) in [5.74, 6) is -3.47. The first kappa shape index (κ1) is 21.1. The lowest BCUT2D eigenvalue weighted by Crippen LogP contribution is -2.29. The second-order valence-electron chi connectivity index (χ2n) is 9.40. The molecule has 9 nitrogen and oxygen atoms in total. The number of nitrogens with zero attached hydrogens (tertiary/aromatic N) is 7. The molecule has 0 spiro atoms. The summed E-state index contributed by atoms with van der Waals surface area (Å²) >= 11 is 0. The standard InChI is InChI=1S/C23H24F2N8O/c1-12-14(7-27-22(28-12)32-9-17-18(10-32)23(17,24)25)8-33-11-20(30-31-33)21(34)29-19-4-3-15-13(2)26-6-5-16(15)19/h5-7,11,17-19H,3-4,8-10H2,1-2H3,(H,29,34)/t17?,18?,19-/m1/s1. The van der Waals surface area contributed by atoms with Crippen molar-refractivity contribution in [3.63, 3.8) is 0 Å². The summed E-state index contributed by atoms with van der Waals surface area (Å²) in [6, 6.07) is 1.90. The van der Waals surface area contributed by atoms with Crippen LogP contribution < -0.4 is 10.2 Å². The second kappa shape index (κ2) is 7.51. The quantitative estimate of drug-likeness (QED) is 0.615. The van der Waals surface area contributed by atoms with Crippen molar-refractivity contribution < 1.29 is 13.6 Å². The van der Waals surface area contributed by atoms with Crippen LogP contribution in [-0.4, -0.2) is 54.9 Å². The van der Waals surface area contributed by atoms with E-state index in [0.717, 1.165) is 35.4 Å². The number of aryl methyl sites for hydroxylation is 2. The largest absolute Gasteiger partial charge is 0.344 e. The molecule has 3 aromatic heterocycles. The average molecular weight is 466 g/mol. The zero-order valence-electron chi connectivity index (χ0n) is 18.9. The highest BCUT2D eigenvalue weighted by Crippen LogP contribution is 2.59. The Morgan fingerprint density at radius 3 is 2.76 bits per heavy atom. The maximum Gasteiger partial charge on any atom is 0.273 e. The van der Waals surface area contributed by atoms with E-state index in [1.807, 2.05) is 24.8 Å². The van der Waals surface area contributed by atoms with Gasteiger partial charge in [0, 0.05) is 42.4 Å². The van der Waals surface area contributed by atoms with E-state index in [1.165, 1.54) is 5.56 Å². The minimum absolute atomic E-state index is 0.0610. The van der Waals surface area contributed by atoms with Crippen molar-refractivity contribution >= 4 is 11.9 Å². The lowest BCUT2D eigenvalue weighted by atomic mass is 10.1. The molecule has 0 radical (unpaired) electrons. The van der Waals surface area contributed by atoms with Gasteiger partial charge in [-0.15, -0.1) is 5.10 Å². The summed E-state index contributed by atoms with van der Waals surface area (Å²) in [5, 5.41) is 11.2. The van der Waals surface area contributed by atoms with E-state index >= 15 is 0 Å². The molecule has 1 saturated carbocycles. The summed E-state index contributed by atoms with van der Waals surface area (Å²) in [6.45, 7) is 4.77. The Morgan fingerprint density at radius 1 is 1.21 bits per heavy atom. The van der Waals surface area contributed by atoms with Crippen LogP contribution in [0.3, 0.4) is 0 Å². The van der Waals surface area contributed by atoms with Crippen LogP contribution in [0.15, 0.2) is 24.7 Å². The van der Waals surface area contributed by atoms with Crippen LogP contribution in [0.1, 0.15) is 51.0 Å². The zero-order chi connectivity index (χ0) is 23.6. The van der Waals surface area contributed by atoms with E-state index in [2.05, 4.69) is 30.6 Å². The number of hydrogen-bond acceptors (Lipinski definition) is 7. The van der Waals surface area contributed by atoms with Crippen LogP contribution in [0.4, 0.5) is 14.7 Å². The van der Waals surface area contributed by atoms with Gasteiger partial charge in [0.2, 0.25) is 5.95 Å². The predicted octanol–water partition coefficient (Wildman–Crippen LogP) is 2.25. The molecule has 3 aliphatic rings. The van der Waals surface area contributed by atoms with Crippen molar-refractivity contribution in [1.82, 2.24) is 35.3 Å². The highest BCUT2D eigenvalue weighted by molar-refractivity contribution is 5.92. The maximum atomic E-state index is 13.5. The molecule has 176 valence electrons. The molecule has 4 heterocycles. The van der Waals surface area contributed by atoms with E-state index in [1.54, 1.807) is 23.3 Å². The Balaban J connectivity index is 1.10. The number of carbonyl (C=O) groups excluding carboxylic acids is 1. The van der Waals surface area contributed by atoms with E-state index in [0.29, 0.717) is 25.6 Å². The summed E-state index contributed by atoms with van der Waals surface area (Å²) in [5.41, 5.74) is 5.12. The van der Waals surface area contributed by atoms with Gasteiger partial charge in [0.05, 0.1) is 30.6 Å². The van der Waals surface area contributed by atoms with Gasteiger partial charge in [0.15, 0.2) is 5.69 Å². The smallest absolute Gasteiger partial charge is 0.273 e. The molecule has 2 aliphatic carbocycles. The number of aromatic nitrogens is 6. The van der Waals surface area contributed by atoms with Crippen LogP contribution in [0.2, 0.25) is 0 Å². The number of hydrogen-bond donors (Lipinski definition) is 1. The van der Waals surface area contributed by atoms with Gasteiger partial charge in [0.1, 0.15) is 0 Å². The molecule has 6 rings (SSSR count). The molecule has 1 saturated heterocycles. The number of fused-ring (bicyclic) bond motifs is 2. The van der Waals surface area contributed by atoms with E-state index in [-0.39, 0.29) is 17.6 Å². The number of carbonyl (C=O) groups is 1. The molecule has 11 heteroatoms. The Morgan fingerprint density at radius 2 is 2.00 bits per heavy atom. The number of anilines is 1. The normalized spacial score (nSPS) is 24.1. The lowest BCUT2D eigenvalue weighted by molar-refractivity contribution is 0.0795. The molecule has 2 fully saturated rings. The Hall–Kier alpha value is -3.50. The number of rotatable bonds is 5. The SMILES string of the molecule is Cc1nc(N2CC3C(C2)C3(F)F)ncc1Cn1cc(C(=O)N[C@@H]2CCc3c2ccnc3C)nn1. The molecule has 3 atom stereocenters. The fourth-order valence-corrected chi connectivity index (χ4v) is 5.21. The summed E-state index contributed by atoms with van der Waals surface area (Å²) in [6.07, 6.45) is 6.79. The van der Waals surface area contributed by atoms with Crippen LogP contribution in [0.25, 0.3) is 0 Å². The third-order valence-electron chi connectivity index (χ3n) is 7.33. The van der Waals surface area contributed by atoms with Crippen molar-refractivity contribution in [2.24, 2.45) is 11.8 Å². The Kier molecular flexibility index (Phi) is 4.65. The number of halogens is 2. The molecule has 1 amide bonds. The summed E-state index contributed by atoms with van der Waals surface area (Å²) in [4.78, 5) is 27.8. The number of nitrogens with one attached hydrogen (secondary N) is 1. The second-order valence-corrected chi connectivity index (χ2v) is 9.40. The summed E-state index contributed by atoms with van der Waals surface area (Å²) in [7, 11) is 0. The van der Waals surface area contributed by atoms with Gasteiger partial charge < -0.3 is 10.2 Å². The molecule has 1 N–H and O–H groups in total. The third-order valence-corrected chi connectivity index (χ3v) is 7.33. The fraction of sp³-hybridized carbons (Fsp3) is 0.478. The number of amides is 1. The van der Waals surface area contributed by atoms with Crippen LogP contribution >= 0.6 is 0 Å². The lowest BCUT2D eigenvalue weighted by Gasteiger charge is -2.20. The molecular formula is C23H24F2N8O. The van der Waals surface area contributed by atoms with Gasteiger partial charge >= 0.3 is 0 Å². The molecule has 0 bridgehead atoms. The van der Waals surface area contributed by atoms with E-state index in [4.69, 9.17) is 0 Å². The maximum absolute atomic E-state index is 13.5. The van der Waals surface area contributed by atoms with Crippen molar-refractivity contribution in [1.29, 1.82) is 0 Å². The van der Waals surface area contributed by atoms with Gasteiger partial charge in [-0.1, -0.05) is 5.21 Å². The van der Waals surface area contributed by atoms with Crippen LogP contribution in [0.5, 0.6) is 0 Å². The number of piperidine rings is 1. The van der Waals surface area contributed by atoms with Crippen LogP contribution in [-0.2, 0) is 13.0 Å². The minimum Gasteiger partial charge on any atom is -0.344 e. The highest BCUT2D eigenvalue weighted by Gasteiger charge is 2.72. The van der Waals surface area contributed by atoms with Crippen molar-refractivity contribution in [3.8, 4) is 0 Å². The molecule has 1 aliphatic heterocycles. The predicted molar refractivity (Wildman–Crippen MR) is 118 cm³/mol. The monoisotopic (exact) mass is 466 g/mol. The topological polar surface area (TPSA) is 102 Å². The molecule has 3 aromatic rings. The van der Waals surface area contributed by atoms with E-state index in [9.17, 15) is 13.6 Å². The average Bonchev–Trinajstić information content (AvgIpc) is 3.37. The molecule has 0 aromatic carbocycles. The molecule has 34 heavy (non-hydrogen) atoms. The first-order chi connectivity index (χ1) is 16.3. The highest BCUT2D eigenvalue weighted by atomic mass is 19.3. The van der Waals surface area contributed by atoms with Gasteiger partial charge in [0.25, 0.3) is 11.8 Å². The van der Waals surface area contributed by atoms with Gasteiger partial charge in [-0.3, -0.25) is 9.78 Å². The summed E-state index contributed by atoms with van der Waals surface area (Å²) < 4.78 is 28.5. The molecular weight excluding hydrogens is 442 g/mol. The van der Waals surface area contributed by atoms with Gasteiger partial charge in [-0.2, -0.15) is 0 Å². The van der Waals surface area contributed by atoms with Gasteiger partial charge in [-0.05, 0) is 43.9 Å². The first-order valence-corrected chi connectivity index (χ1v) is 11.4. The Bertz CT molecular complexity index is 1280. The fourth-order valence-electron chi connectivity index (χ4n) is 5.21. The van der Waals surface area contributed by atoms with Crippen molar-refractivity contribution in [2.45, 2.75) is 45.2 Å². The minimum atomic E-state index is -2.53. The number of pyridine rings is 1. The Labute approximate surface area is 194 Å². The van der Waals surface area contributed by atoms with Gasteiger partial charge in [-0.25, -0.2) is 23.4 Å².